The van der Waals surface area contributed by atoms with E-state index in [1.165, 1.54) is 11.8 Å². The van der Waals surface area contributed by atoms with Crippen LogP contribution in [0.25, 0.3) is 0 Å². The van der Waals surface area contributed by atoms with E-state index in [2.05, 4.69) is 17.4 Å². The van der Waals surface area contributed by atoms with Gasteiger partial charge in [0.15, 0.2) is 5.76 Å². The molecule has 2 aromatic rings. The minimum atomic E-state index is -0.282. The zero-order valence-electron chi connectivity index (χ0n) is 16.4. The Labute approximate surface area is 165 Å². The first-order chi connectivity index (χ1) is 13.7. The summed E-state index contributed by atoms with van der Waals surface area (Å²) in [7, 11) is 1.68. The van der Waals surface area contributed by atoms with Crippen LogP contribution in [0.4, 0.5) is 0 Å². The van der Waals surface area contributed by atoms with Gasteiger partial charge in [-0.25, -0.2) is 0 Å². The summed E-state index contributed by atoms with van der Waals surface area (Å²) >= 11 is 0. The lowest BCUT2D eigenvalue weighted by Gasteiger charge is -2.32. The molecule has 0 saturated carbocycles. The first-order valence-corrected chi connectivity index (χ1v) is 9.88. The molecule has 1 aromatic heterocycles. The van der Waals surface area contributed by atoms with Crippen molar-refractivity contribution in [3.8, 4) is 5.75 Å². The zero-order valence-corrected chi connectivity index (χ0v) is 16.4. The molecule has 6 nitrogen and oxygen atoms in total. The van der Waals surface area contributed by atoms with Gasteiger partial charge in [-0.1, -0.05) is 12.1 Å². The van der Waals surface area contributed by atoms with Crippen molar-refractivity contribution in [2.24, 2.45) is 5.92 Å². The summed E-state index contributed by atoms with van der Waals surface area (Å²) in [4.78, 5) is 26.1. The molecular weight excluding hydrogens is 356 g/mol. The normalized spacial score (nSPS) is 14.7. The number of furan rings is 1. The number of aryl methyl sites for hydroxylation is 1. The number of methoxy groups -OCH3 is 1. The lowest BCUT2D eigenvalue weighted by molar-refractivity contribution is -0.132. The number of nitrogens with one attached hydrogen (secondary N) is 1. The molecule has 1 aliphatic heterocycles. The van der Waals surface area contributed by atoms with Crippen molar-refractivity contribution in [2.75, 3.05) is 26.7 Å². The van der Waals surface area contributed by atoms with E-state index in [0.717, 1.165) is 44.5 Å². The maximum Gasteiger partial charge on any atom is 0.286 e. The van der Waals surface area contributed by atoms with Crippen LogP contribution >= 0.6 is 0 Å². The molecule has 3 rings (SSSR count). The molecule has 150 valence electrons. The van der Waals surface area contributed by atoms with Gasteiger partial charge in [0.25, 0.3) is 5.91 Å². The van der Waals surface area contributed by atoms with Crippen LogP contribution in [0.2, 0.25) is 0 Å². The van der Waals surface area contributed by atoms with Crippen LogP contribution in [0.15, 0.2) is 47.1 Å². The van der Waals surface area contributed by atoms with Crippen molar-refractivity contribution in [1.29, 1.82) is 0 Å². The molecule has 0 spiro atoms. The summed E-state index contributed by atoms with van der Waals surface area (Å²) in [6, 6.07) is 11.5. The topological polar surface area (TPSA) is 71.8 Å². The highest BCUT2D eigenvalue weighted by Gasteiger charge is 2.22. The van der Waals surface area contributed by atoms with Gasteiger partial charge in [0.1, 0.15) is 5.75 Å². The fraction of sp³-hybridized carbons (Fsp3) is 0.455. The van der Waals surface area contributed by atoms with Gasteiger partial charge in [0, 0.05) is 26.1 Å². The van der Waals surface area contributed by atoms with Crippen molar-refractivity contribution < 1.29 is 18.7 Å². The first-order valence-electron chi connectivity index (χ1n) is 9.88. The van der Waals surface area contributed by atoms with Gasteiger partial charge >= 0.3 is 0 Å². The van der Waals surface area contributed by atoms with Crippen molar-refractivity contribution in [3.05, 3.63) is 54.0 Å². The number of carbonyl (C=O) groups excluding carboxylic acids is 2. The number of carbonyl (C=O) groups is 2. The molecule has 0 bridgehead atoms. The third-order valence-electron chi connectivity index (χ3n) is 5.34. The minimum Gasteiger partial charge on any atom is -0.497 e. The molecule has 0 unspecified atom stereocenters. The standard InChI is InChI=1S/C22H28N2O4/c1-27-19-8-6-17(7-9-19)4-5-18-11-14-24(15-12-18)21(25)10-13-23-22(26)20-3-2-16-28-20/h2-3,6-9,16,18H,4-5,10-15H2,1H3,(H,23,26). The van der Waals surface area contributed by atoms with Crippen molar-refractivity contribution in [2.45, 2.75) is 32.1 Å². The van der Waals surface area contributed by atoms with E-state index in [0.29, 0.717) is 18.9 Å². The smallest absolute Gasteiger partial charge is 0.286 e. The van der Waals surface area contributed by atoms with Gasteiger partial charge in [-0.15, -0.1) is 0 Å². The number of nitrogens with zero attached hydrogens (tertiary/aromatic N) is 1. The maximum atomic E-state index is 12.4. The summed E-state index contributed by atoms with van der Waals surface area (Å²) < 4.78 is 10.2. The van der Waals surface area contributed by atoms with Gasteiger partial charge in [-0.05, 0) is 61.4 Å². The van der Waals surface area contributed by atoms with E-state index < -0.39 is 0 Å². The zero-order chi connectivity index (χ0) is 19.8. The molecule has 1 fully saturated rings. The highest BCUT2D eigenvalue weighted by atomic mass is 16.5. The van der Waals surface area contributed by atoms with Crippen LogP contribution in [-0.2, 0) is 11.2 Å². The van der Waals surface area contributed by atoms with Gasteiger partial charge in [0.2, 0.25) is 5.91 Å². The molecule has 0 atom stereocenters. The second-order valence-electron chi connectivity index (χ2n) is 7.19. The Morgan fingerprint density at radius 1 is 1.18 bits per heavy atom. The summed E-state index contributed by atoms with van der Waals surface area (Å²) in [6.45, 7) is 1.94. The third-order valence-corrected chi connectivity index (χ3v) is 5.34. The maximum absolute atomic E-state index is 12.4. The van der Waals surface area contributed by atoms with E-state index in [1.54, 1.807) is 19.2 Å². The average molecular weight is 384 g/mol. The Kier molecular flexibility index (Phi) is 7.12. The highest BCUT2D eigenvalue weighted by molar-refractivity contribution is 5.91. The molecule has 2 amide bonds. The van der Waals surface area contributed by atoms with Crippen LogP contribution in [0, 0.1) is 5.92 Å². The predicted molar refractivity (Wildman–Crippen MR) is 106 cm³/mol. The van der Waals surface area contributed by atoms with E-state index in [1.807, 2.05) is 17.0 Å². The van der Waals surface area contributed by atoms with Gasteiger partial charge in [0.05, 0.1) is 13.4 Å². The number of hydrogen-bond donors (Lipinski definition) is 1. The molecule has 6 heteroatoms. The third kappa shape index (κ3) is 5.62. The fourth-order valence-electron chi connectivity index (χ4n) is 3.57. The van der Waals surface area contributed by atoms with Crippen LogP contribution in [0.5, 0.6) is 5.75 Å². The van der Waals surface area contributed by atoms with Gasteiger partial charge in [-0.2, -0.15) is 0 Å². The summed E-state index contributed by atoms with van der Waals surface area (Å²) in [5, 5.41) is 2.72. The van der Waals surface area contributed by atoms with Gasteiger partial charge < -0.3 is 19.4 Å². The second-order valence-corrected chi connectivity index (χ2v) is 7.19. The van der Waals surface area contributed by atoms with E-state index >= 15 is 0 Å². The SMILES string of the molecule is COc1ccc(CCC2CCN(C(=O)CCNC(=O)c3ccco3)CC2)cc1. The molecule has 2 heterocycles. The highest BCUT2D eigenvalue weighted by Crippen LogP contribution is 2.23. The lowest BCUT2D eigenvalue weighted by Crippen LogP contribution is -2.40. The number of benzene rings is 1. The summed E-state index contributed by atoms with van der Waals surface area (Å²) in [6.07, 6.45) is 6.07. The Hall–Kier alpha value is -2.76. The minimum absolute atomic E-state index is 0.105. The number of amides is 2. The number of rotatable bonds is 8. The average Bonchev–Trinajstić information content (AvgIpc) is 3.28. The molecule has 1 saturated heterocycles. The predicted octanol–water partition coefficient (Wildman–Crippen LogP) is 3.28. The molecule has 1 aromatic carbocycles. The molecular formula is C22H28N2O4. The molecule has 1 N–H and O–H groups in total. The van der Waals surface area contributed by atoms with Crippen molar-refractivity contribution >= 4 is 11.8 Å². The van der Waals surface area contributed by atoms with Crippen LogP contribution in [0.3, 0.4) is 0 Å². The monoisotopic (exact) mass is 384 g/mol. The summed E-state index contributed by atoms with van der Waals surface area (Å²) in [5.41, 5.74) is 1.33. The number of piperidine rings is 1. The fourth-order valence-corrected chi connectivity index (χ4v) is 3.57. The Balaban J connectivity index is 1.32. The Bertz CT molecular complexity index is 747. The molecule has 0 aliphatic carbocycles. The number of ether oxygens (including phenoxy) is 1. The lowest BCUT2D eigenvalue weighted by atomic mass is 9.90. The molecule has 0 radical (unpaired) electrons. The van der Waals surface area contributed by atoms with E-state index in [4.69, 9.17) is 9.15 Å². The first kappa shape index (κ1) is 20.0. The van der Waals surface area contributed by atoms with Crippen LogP contribution in [-0.4, -0.2) is 43.5 Å². The second kappa shape index (κ2) is 9.97. The largest absolute Gasteiger partial charge is 0.497 e. The van der Waals surface area contributed by atoms with Crippen molar-refractivity contribution in [1.82, 2.24) is 10.2 Å². The number of likely N-dealkylation sites (tertiary alicyclic amines) is 1. The molecule has 1 aliphatic rings. The number of hydrogen-bond acceptors (Lipinski definition) is 4. The van der Waals surface area contributed by atoms with Gasteiger partial charge in [-0.3, -0.25) is 9.59 Å². The Morgan fingerprint density at radius 3 is 2.57 bits per heavy atom. The quantitative estimate of drug-likeness (QED) is 0.758. The van der Waals surface area contributed by atoms with E-state index in [9.17, 15) is 9.59 Å². The van der Waals surface area contributed by atoms with Crippen LogP contribution < -0.4 is 10.1 Å². The molecule has 28 heavy (non-hydrogen) atoms. The van der Waals surface area contributed by atoms with E-state index in [-0.39, 0.29) is 17.6 Å². The van der Waals surface area contributed by atoms with Crippen LogP contribution in [0.1, 0.15) is 41.8 Å². The summed E-state index contributed by atoms with van der Waals surface area (Å²) in [5.74, 6) is 1.63. The Morgan fingerprint density at radius 2 is 1.93 bits per heavy atom. The van der Waals surface area contributed by atoms with Crippen molar-refractivity contribution in [3.63, 3.8) is 0 Å².